The molecule has 0 radical (unpaired) electrons. The highest BCUT2D eigenvalue weighted by Crippen LogP contribution is 2.11. The number of carbonyl (C=O) groups excluding carboxylic acids is 2. The fraction of sp³-hybridized carbons (Fsp3) is 0.0714. The Morgan fingerprint density at radius 1 is 0.556 bits per heavy atom. The van der Waals surface area contributed by atoms with Gasteiger partial charge in [0.25, 0.3) is 0 Å². The average molecular weight is 477 g/mol. The molecule has 178 valence electrons. The Bertz CT molecular complexity index is 1150. The molecule has 0 saturated heterocycles. The number of hydrazone groups is 2. The highest BCUT2D eigenvalue weighted by atomic mass is 16.2. The third kappa shape index (κ3) is 6.77. The van der Waals surface area contributed by atoms with Gasteiger partial charge >= 0.3 is 0 Å². The topological polar surface area (TPSA) is 109 Å². The van der Waals surface area contributed by atoms with E-state index < -0.39 is 0 Å². The molecule has 0 aliphatic heterocycles. The predicted molar refractivity (Wildman–Crippen MR) is 138 cm³/mol. The number of carbonyl (C=O) groups is 2. The van der Waals surface area contributed by atoms with E-state index in [0.29, 0.717) is 11.4 Å². The van der Waals surface area contributed by atoms with E-state index in [-0.39, 0.29) is 24.7 Å². The van der Waals surface area contributed by atoms with Gasteiger partial charge in [0.05, 0.1) is 11.4 Å². The van der Waals surface area contributed by atoms with Crippen molar-refractivity contribution in [2.75, 3.05) is 0 Å². The van der Waals surface area contributed by atoms with Crippen LogP contribution in [0.1, 0.15) is 35.1 Å². The first-order valence-corrected chi connectivity index (χ1v) is 11.4. The molecule has 0 atom stereocenters. The van der Waals surface area contributed by atoms with Crippen LogP contribution in [0.4, 0.5) is 0 Å². The van der Waals surface area contributed by atoms with E-state index in [1.165, 1.54) is 0 Å². The minimum atomic E-state index is -0.387. The lowest BCUT2D eigenvalue weighted by Gasteiger charge is -2.08. The third-order valence-corrected chi connectivity index (χ3v) is 5.13. The molecule has 0 aliphatic rings. The maximum atomic E-state index is 12.4. The molecule has 8 nitrogen and oxygen atoms in total. The number of pyridine rings is 2. The second-order valence-corrected chi connectivity index (χ2v) is 7.71. The van der Waals surface area contributed by atoms with Crippen LogP contribution in [0.3, 0.4) is 0 Å². The Hall–Kier alpha value is -4.98. The van der Waals surface area contributed by atoms with Crippen molar-refractivity contribution in [1.29, 1.82) is 0 Å². The summed E-state index contributed by atoms with van der Waals surface area (Å²) in [5.41, 5.74) is 9.45. The van der Waals surface area contributed by atoms with Crippen molar-refractivity contribution in [1.82, 2.24) is 20.8 Å². The van der Waals surface area contributed by atoms with Crippen molar-refractivity contribution in [2.45, 2.75) is 12.8 Å². The molecule has 0 saturated carbocycles. The fourth-order valence-corrected chi connectivity index (χ4v) is 3.36. The summed E-state index contributed by atoms with van der Waals surface area (Å²) >= 11 is 0. The Balaban J connectivity index is 1.39. The molecule has 2 amide bonds. The predicted octanol–water partition coefficient (Wildman–Crippen LogP) is 3.69. The molecule has 2 N–H and O–H groups in total. The van der Waals surface area contributed by atoms with Gasteiger partial charge in [-0.05, 0) is 24.3 Å². The van der Waals surface area contributed by atoms with Gasteiger partial charge in [-0.1, -0.05) is 60.7 Å². The highest BCUT2D eigenvalue weighted by molar-refractivity contribution is 6.13. The lowest BCUT2D eigenvalue weighted by atomic mass is 10.0. The molecule has 4 aromatic rings. The summed E-state index contributed by atoms with van der Waals surface area (Å²) in [5.74, 6) is -0.774. The molecule has 0 bridgehead atoms. The van der Waals surface area contributed by atoms with Crippen molar-refractivity contribution in [2.24, 2.45) is 10.2 Å². The number of hydrogen-bond donors (Lipinski definition) is 2. The molecule has 0 aliphatic carbocycles. The van der Waals surface area contributed by atoms with E-state index in [0.717, 1.165) is 22.3 Å². The van der Waals surface area contributed by atoms with Gasteiger partial charge in [-0.15, -0.1) is 0 Å². The maximum absolute atomic E-state index is 12.4. The van der Waals surface area contributed by atoms with E-state index in [9.17, 15) is 9.59 Å². The second kappa shape index (κ2) is 12.5. The third-order valence-electron chi connectivity index (χ3n) is 5.13. The first kappa shape index (κ1) is 24.2. The largest absolute Gasteiger partial charge is 0.273 e. The zero-order valence-corrected chi connectivity index (χ0v) is 19.4. The molecule has 8 heteroatoms. The van der Waals surface area contributed by atoms with Gasteiger partial charge in [0.15, 0.2) is 0 Å². The van der Waals surface area contributed by atoms with Crippen LogP contribution in [0.5, 0.6) is 0 Å². The van der Waals surface area contributed by atoms with Crippen LogP contribution in [-0.2, 0) is 9.59 Å². The summed E-state index contributed by atoms with van der Waals surface area (Å²) in [5, 5.41) is 8.61. The van der Waals surface area contributed by atoms with Crippen molar-refractivity contribution in [3.05, 3.63) is 132 Å². The minimum absolute atomic E-state index is 0.0481. The number of nitrogens with zero attached hydrogens (tertiary/aromatic N) is 4. The Kier molecular flexibility index (Phi) is 8.37. The van der Waals surface area contributed by atoms with Crippen LogP contribution < -0.4 is 10.9 Å². The van der Waals surface area contributed by atoms with Gasteiger partial charge in [-0.25, -0.2) is 10.9 Å². The SMILES string of the molecule is O=C(CCC(=O)NN=C(c1ccccc1)c1cccnc1)NN=C(c1ccccc1)c1cccnc1. The Morgan fingerprint density at radius 3 is 1.31 bits per heavy atom. The molecule has 36 heavy (non-hydrogen) atoms. The van der Waals surface area contributed by atoms with Crippen LogP contribution in [0.15, 0.2) is 120 Å². The summed E-state index contributed by atoms with van der Waals surface area (Å²) in [4.78, 5) is 33.1. The van der Waals surface area contributed by atoms with Crippen LogP contribution in [0, 0.1) is 0 Å². The first-order valence-electron chi connectivity index (χ1n) is 11.4. The van der Waals surface area contributed by atoms with E-state index >= 15 is 0 Å². The van der Waals surface area contributed by atoms with Gasteiger partial charge in [-0.3, -0.25) is 19.6 Å². The molecule has 2 aromatic carbocycles. The monoisotopic (exact) mass is 476 g/mol. The Morgan fingerprint density at radius 2 is 0.944 bits per heavy atom. The summed E-state index contributed by atoms with van der Waals surface area (Å²) < 4.78 is 0. The summed E-state index contributed by atoms with van der Waals surface area (Å²) in [6.07, 6.45) is 6.60. The number of amides is 2. The molecule has 2 aromatic heterocycles. The second-order valence-electron chi connectivity index (χ2n) is 7.71. The molecule has 0 unspecified atom stereocenters. The number of rotatable bonds is 9. The zero-order valence-electron chi connectivity index (χ0n) is 19.4. The van der Waals surface area contributed by atoms with Crippen LogP contribution in [0.25, 0.3) is 0 Å². The summed E-state index contributed by atoms with van der Waals surface area (Å²) in [7, 11) is 0. The Labute approximate surface area is 208 Å². The molecule has 0 spiro atoms. The van der Waals surface area contributed by atoms with E-state index in [1.807, 2.05) is 72.8 Å². The molecular weight excluding hydrogens is 452 g/mol. The molecule has 2 heterocycles. The van der Waals surface area contributed by atoms with Crippen molar-refractivity contribution >= 4 is 23.2 Å². The maximum Gasteiger partial charge on any atom is 0.240 e. The standard InChI is InChI=1S/C28H24N6O2/c35-25(31-33-27(21-9-3-1-4-10-21)23-13-7-17-29-19-23)15-16-26(36)32-34-28(22-11-5-2-6-12-22)24-14-8-18-30-20-24/h1-14,17-20H,15-16H2,(H,31,35)(H,32,36). The van der Waals surface area contributed by atoms with Crippen molar-refractivity contribution < 1.29 is 9.59 Å². The van der Waals surface area contributed by atoms with E-state index in [1.54, 1.807) is 36.9 Å². The first-order chi connectivity index (χ1) is 17.7. The van der Waals surface area contributed by atoms with Crippen molar-refractivity contribution in [3.63, 3.8) is 0 Å². The van der Waals surface area contributed by atoms with Gasteiger partial charge in [0.1, 0.15) is 0 Å². The van der Waals surface area contributed by atoms with Gasteiger partial charge in [0, 0.05) is 59.9 Å². The summed E-state index contributed by atoms with van der Waals surface area (Å²) in [6.45, 7) is 0. The zero-order chi connectivity index (χ0) is 25.0. The fourth-order valence-electron chi connectivity index (χ4n) is 3.36. The van der Waals surface area contributed by atoms with Crippen LogP contribution in [0.2, 0.25) is 0 Å². The number of aromatic nitrogens is 2. The van der Waals surface area contributed by atoms with Crippen LogP contribution >= 0.6 is 0 Å². The molecular formula is C28H24N6O2. The smallest absolute Gasteiger partial charge is 0.240 e. The summed E-state index contributed by atoms with van der Waals surface area (Å²) in [6, 6.07) is 26.3. The number of nitrogens with one attached hydrogen (secondary N) is 2. The van der Waals surface area contributed by atoms with Crippen molar-refractivity contribution in [3.8, 4) is 0 Å². The normalized spacial score (nSPS) is 11.6. The average Bonchev–Trinajstić information content (AvgIpc) is 2.94. The van der Waals surface area contributed by atoms with Crippen LogP contribution in [-0.4, -0.2) is 33.2 Å². The number of benzene rings is 2. The van der Waals surface area contributed by atoms with E-state index in [2.05, 4.69) is 31.0 Å². The highest BCUT2D eigenvalue weighted by Gasteiger charge is 2.11. The van der Waals surface area contributed by atoms with Gasteiger partial charge in [-0.2, -0.15) is 10.2 Å². The van der Waals surface area contributed by atoms with Gasteiger partial charge in [0.2, 0.25) is 11.8 Å². The quantitative estimate of drug-likeness (QED) is 0.284. The van der Waals surface area contributed by atoms with Gasteiger partial charge < -0.3 is 0 Å². The lowest BCUT2D eigenvalue weighted by molar-refractivity contribution is -0.126. The number of hydrogen-bond acceptors (Lipinski definition) is 6. The van der Waals surface area contributed by atoms with E-state index in [4.69, 9.17) is 0 Å². The molecule has 0 fully saturated rings. The minimum Gasteiger partial charge on any atom is -0.273 e. The molecule has 4 rings (SSSR count). The lowest BCUT2D eigenvalue weighted by Crippen LogP contribution is -2.25.